The van der Waals surface area contributed by atoms with Crippen molar-refractivity contribution >= 4 is 29.7 Å². The molecule has 3 aliphatic heterocycles. The molecule has 0 aromatic carbocycles. The van der Waals surface area contributed by atoms with E-state index >= 15 is 0 Å². The maximum Gasteiger partial charge on any atom is 0.408 e. The van der Waals surface area contributed by atoms with Gasteiger partial charge < -0.3 is 35.2 Å². The SMILES string of the molecule is [2H]C1([2H])CN(c2nc(-c3cnc(N)nc3)c3c(n2)N([C@@]2(C)CCN(C(=O)C(C)(C)NC(=O)OC(C)(C)C)C2)CC3)CC([2H])([2H])O1. The molecule has 2 aromatic rings. The first-order valence-corrected chi connectivity index (χ1v) is 13.7. The molecular formula is C28H41N9O4. The van der Waals surface area contributed by atoms with Crippen LogP contribution in [0.5, 0.6) is 0 Å². The van der Waals surface area contributed by atoms with Crippen LogP contribution >= 0.6 is 0 Å². The minimum absolute atomic E-state index is 0.105. The third-order valence-electron chi connectivity index (χ3n) is 7.44. The molecule has 2 saturated heterocycles. The van der Waals surface area contributed by atoms with Gasteiger partial charge in [-0.05, 0) is 54.4 Å². The summed E-state index contributed by atoms with van der Waals surface area (Å²) in [6, 6.07) is 0. The van der Waals surface area contributed by atoms with Crippen molar-refractivity contribution in [2.24, 2.45) is 0 Å². The number of nitrogens with zero attached hydrogens (tertiary/aromatic N) is 7. The number of hydrogen-bond donors (Lipinski definition) is 2. The van der Waals surface area contributed by atoms with E-state index in [1.54, 1.807) is 51.9 Å². The van der Waals surface area contributed by atoms with Crippen molar-refractivity contribution < 1.29 is 24.5 Å². The van der Waals surface area contributed by atoms with Crippen LogP contribution in [-0.4, -0.2) is 99.4 Å². The van der Waals surface area contributed by atoms with Gasteiger partial charge in [-0.3, -0.25) is 4.79 Å². The van der Waals surface area contributed by atoms with Crippen LogP contribution in [-0.2, 0) is 20.7 Å². The highest BCUT2D eigenvalue weighted by Crippen LogP contribution is 2.41. The number of amides is 2. The molecule has 5 rings (SSSR count). The fraction of sp³-hybridized carbons (Fsp3) is 0.643. The van der Waals surface area contributed by atoms with E-state index in [1.807, 2.05) is 0 Å². The number of anilines is 3. The van der Waals surface area contributed by atoms with Crippen LogP contribution in [0.15, 0.2) is 12.4 Å². The Hall–Kier alpha value is -3.74. The Morgan fingerprint density at radius 2 is 1.78 bits per heavy atom. The number of ether oxygens (including phenoxy) is 2. The number of hydrogen-bond acceptors (Lipinski definition) is 11. The molecule has 0 bridgehead atoms. The molecule has 3 N–H and O–H groups in total. The summed E-state index contributed by atoms with van der Waals surface area (Å²) in [7, 11) is 0. The zero-order chi connectivity index (χ0) is 33.2. The van der Waals surface area contributed by atoms with E-state index in [1.165, 1.54) is 4.90 Å². The molecule has 222 valence electrons. The Morgan fingerprint density at radius 3 is 2.44 bits per heavy atom. The highest BCUT2D eigenvalue weighted by molar-refractivity contribution is 5.89. The maximum absolute atomic E-state index is 13.7. The van der Waals surface area contributed by atoms with Crippen LogP contribution in [0.3, 0.4) is 0 Å². The number of likely N-dealkylation sites (tertiary alicyclic amines) is 1. The molecule has 1 atom stereocenters. The Kier molecular flexibility index (Phi) is 6.17. The number of nitrogen functional groups attached to an aromatic ring is 1. The van der Waals surface area contributed by atoms with Gasteiger partial charge in [0.15, 0.2) is 0 Å². The van der Waals surface area contributed by atoms with Crippen LogP contribution < -0.4 is 20.9 Å². The Morgan fingerprint density at radius 1 is 1.10 bits per heavy atom. The number of nitrogens with one attached hydrogen (secondary N) is 1. The number of fused-ring (bicyclic) bond motifs is 1. The van der Waals surface area contributed by atoms with Gasteiger partial charge in [0.25, 0.3) is 0 Å². The normalized spacial score (nSPS) is 25.1. The lowest BCUT2D eigenvalue weighted by Crippen LogP contribution is -2.57. The number of aromatic nitrogens is 4. The van der Waals surface area contributed by atoms with Crippen LogP contribution in [0.2, 0.25) is 0 Å². The van der Waals surface area contributed by atoms with Crippen molar-refractivity contribution in [1.82, 2.24) is 30.2 Å². The van der Waals surface area contributed by atoms with Crippen molar-refractivity contribution in [1.29, 1.82) is 0 Å². The van der Waals surface area contributed by atoms with Crippen LogP contribution in [0.4, 0.5) is 22.5 Å². The fourth-order valence-corrected chi connectivity index (χ4v) is 5.42. The average Bonchev–Trinajstić information content (AvgIpc) is 3.49. The molecule has 0 radical (unpaired) electrons. The van der Waals surface area contributed by atoms with Gasteiger partial charge in [0.2, 0.25) is 17.8 Å². The van der Waals surface area contributed by atoms with Crippen molar-refractivity contribution in [3.63, 3.8) is 0 Å². The average molecular weight is 572 g/mol. The standard InChI is InChI=1S/C28H41N9O4/c1-26(2,3)41-25(39)34-27(4,5)22(38)36-10-8-28(6,17-36)37-9-7-19-20(18-15-30-23(29)31-16-18)32-24(33-21(19)37)35-11-13-40-14-12-35/h15-16H,7-14,17H2,1-6H3,(H,34,39)(H2,29,30,31)/t28-/m0/s1/i13D2,14D2. The summed E-state index contributed by atoms with van der Waals surface area (Å²) in [4.78, 5) is 49.4. The summed E-state index contributed by atoms with van der Waals surface area (Å²) in [6.07, 6.45) is 3.68. The number of morpholine rings is 1. The minimum Gasteiger partial charge on any atom is -0.444 e. The van der Waals surface area contributed by atoms with Gasteiger partial charge in [-0.15, -0.1) is 0 Å². The van der Waals surface area contributed by atoms with Gasteiger partial charge in [-0.1, -0.05) is 0 Å². The molecular weight excluding hydrogens is 526 g/mol. The van der Waals surface area contributed by atoms with E-state index in [0.717, 1.165) is 5.56 Å². The molecule has 3 aliphatic rings. The van der Waals surface area contributed by atoms with E-state index in [9.17, 15) is 9.59 Å². The first kappa shape index (κ1) is 23.9. The van der Waals surface area contributed by atoms with Crippen LogP contribution in [0.1, 0.15) is 59.0 Å². The van der Waals surface area contributed by atoms with Crippen LogP contribution in [0, 0.1) is 0 Å². The number of alkyl carbamates (subject to hydrolysis) is 1. The first-order chi connectivity index (χ1) is 20.7. The second kappa shape index (κ2) is 10.6. The van der Waals surface area contributed by atoms with Crippen molar-refractivity contribution in [2.75, 3.05) is 61.4 Å². The zero-order valence-electron chi connectivity index (χ0n) is 28.4. The molecule has 41 heavy (non-hydrogen) atoms. The molecule has 2 amide bonds. The van der Waals surface area contributed by atoms with Gasteiger partial charge in [0, 0.05) is 56.2 Å². The summed E-state index contributed by atoms with van der Waals surface area (Å²) in [5, 5.41) is 2.70. The predicted octanol–water partition coefficient (Wildman–Crippen LogP) is 2.01. The summed E-state index contributed by atoms with van der Waals surface area (Å²) in [6.45, 7) is 6.95. The van der Waals surface area contributed by atoms with Gasteiger partial charge >= 0.3 is 6.09 Å². The molecule has 13 nitrogen and oxygen atoms in total. The molecule has 2 aromatic heterocycles. The summed E-state index contributed by atoms with van der Waals surface area (Å²) in [5.41, 5.74) is 5.27. The Balaban J connectivity index is 1.46. The van der Waals surface area contributed by atoms with E-state index in [2.05, 4.69) is 27.1 Å². The maximum atomic E-state index is 13.7. The Labute approximate surface area is 246 Å². The summed E-state index contributed by atoms with van der Waals surface area (Å²) in [5.74, 6) is 0.619. The molecule has 2 fully saturated rings. The highest BCUT2D eigenvalue weighted by atomic mass is 16.6. The topological polar surface area (TPSA) is 152 Å². The number of carbonyl (C=O) groups is 2. The third kappa shape index (κ3) is 5.99. The molecule has 0 saturated carbocycles. The van der Waals surface area contributed by atoms with Crippen LogP contribution in [0.25, 0.3) is 11.3 Å². The van der Waals surface area contributed by atoms with E-state index in [-0.39, 0.29) is 30.9 Å². The third-order valence-corrected chi connectivity index (χ3v) is 7.44. The van der Waals surface area contributed by atoms with Gasteiger partial charge in [0.05, 0.1) is 29.8 Å². The largest absolute Gasteiger partial charge is 0.444 e. The molecule has 0 aliphatic carbocycles. The minimum atomic E-state index is -2.27. The van der Waals surface area contributed by atoms with E-state index in [4.69, 9.17) is 30.7 Å². The molecule has 5 heterocycles. The lowest BCUT2D eigenvalue weighted by Gasteiger charge is -2.38. The second-order valence-corrected chi connectivity index (χ2v) is 12.4. The highest BCUT2D eigenvalue weighted by Gasteiger charge is 2.47. The number of nitrogens with two attached hydrogens (primary N) is 1. The quantitative estimate of drug-likeness (QED) is 0.542. The lowest BCUT2D eigenvalue weighted by molar-refractivity contribution is -0.136. The zero-order valence-corrected chi connectivity index (χ0v) is 24.4. The fourth-order valence-electron chi connectivity index (χ4n) is 5.42. The van der Waals surface area contributed by atoms with Crippen molar-refractivity contribution in [2.45, 2.75) is 71.1 Å². The van der Waals surface area contributed by atoms with Crippen molar-refractivity contribution in [3.8, 4) is 11.3 Å². The first-order valence-electron chi connectivity index (χ1n) is 15.7. The van der Waals surface area contributed by atoms with Crippen molar-refractivity contribution in [3.05, 3.63) is 18.0 Å². The smallest absolute Gasteiger partial charge is 0.408 e. The van der Waals surface area contributed by atoms with Gasteiger partial charge in [-0.2, -0.15) is 4.98 Å². The predicted molar refractivity (Wildman–Crippen MR) is 155 cm³/mol. The number of carbonyl (C=O) groups excluding carboxylic acids is 2. The lowest BCUT2D eigenvalue weighted by atomic mass is 9.99. The van der Waals surface area contributed by atoms with Gasteiger partial charge in [0.1, 0.15) is 17.0 Å². The summed E-state index contributed by atoms with van der Waals surface area (Å²) >= 11 is 0. The number of rotatable bonds is 5. The molecule has 0 unspecified atom stereocenters. The van der Waals surface area contributed by atoms with E-state index in [0.29, 0.717) is 49.6 Å². The molecule has 13 heteroatoms. The molecule has 0 spiro atoms. The monoisotopic (exact) mass is 571 g/mol. The second-order valence-electron chi connectivity index (χ2n) is 12.4. The summed E-state index contributed by atoms with van der Waals surface area (Å²) < 4.78 is 43.0. The Bertz CT molecular complexity index is 1470. The van der Waals surface area contributed by atoms with E-state index < -0.39 is 35.9 Å². The van der Waals surface area contributed by atoms with Gasteiger partial charge in [-0.25, -0.2) is 19.7 Å².